The number of anilines is 3. The Balaban J connectivity index is 1.85. The first kappa shape index (κ1) is 14.3. The van der Waals surface area contributed by atoms with Crippen LogP contribution in [-0.4, -0.2) is 18.2 Å². The van der Waals surface area contributed by atoms with Crippen LogP contribution in [0.2, 0.25) is 0 Å². The summed E-state index contributed by atoms with van der Waals surface area (Å²) in [7, 11) is 2.11. The molecular weight excluding hydrogens is 310 g/mol. The van der Waals surface area contributed by atoms with Crippen molar-refractivity contribution >= 4 is 39.1 Å². The second kappa shape index (κ2) is 4.99. The summed E-state index contributed by atoms with van der Waals surface area (Å²) in [6.07, 6.45) is 2.02. The van der Waals surface area contributed by atoms with Gasteiger partial charge in [-0.2, -0.15) is 0 Å². The molecule has 0 radical (unpaired) electrons. The topological polar surface area (TPSA) is 32.5 Å². The summed E-state index contributed by atoms with van der Waals surface area (Å²) in [5.41, 5.74) is 5.28. The summed E-state index contributed by atoms with van der Waals surface area (Å²) < 4.78 is 6.29. The minimum atomic E-state index is 0.169. The number of aryl methyl sites for hydroxylation is 1. The summed E-state index contributed by atoms with van der Waals surface area (Å²) in [6, 6.07) is 16.6. The zero-order valence-corrected chi connectivity index (χ0v) is 14.5. The quantitative estimate of drug-likeness (QED) is 0.479. The number of aromatic nitrogens is 1. The molecule has 5 rings (SSSR count). The van der Waals surface area contributed by atoms with Gasteiger partial charge in [-0.1, -0.05) is 30.3 Å². The van der Waals surface area contributed by atoms with Gasteiger partial charge in [0.15, 0.2) is 11.4 Å². The molecule has 0 N–H and O–H groups in total. The molecule has 0 bridgehead atoms. The maximum absolute atomic E-state index is 6.29. The number of nitrogens with zero attached hydrogens (tertiary/aromatic N) is 3. The van der Waals surface area contributed by atoms with E-state index in [1.54, 1.807) is 0 Å². The zero-order chi connectivity index (χ0) is 17.1. The molecule has 0 fully saturated rings. The van der Waals surface area contributed by atoms with Crippen LogP contribution in [-0.2, 0) is 0 Å². The molecule has 0 unspecified atom stereocenters. The van der Waals surface area contributed by atoms with Crippen molar-refractivity contribution in [2.24, 2.45) is 0 Å². The van der Waals surface area contributed by atoms with Gasteiger partial charge in [0.05, 0.1) is 11.4 Å². The Morgan fingerprint density at radius 2 is 1.84 bits per heavy atom. The van der Waals surface area contributed by atoms with Crippen LogP contribution in [0.5, 0.6) is 0 Å². The van der Waals surface area contributed by atoms with Gasteiger partial charge in [0.2, 0.25) is 0 Å². The van der Waals surface area contributed by atoms with Crippen molar-refractivity contribution in [3.05, 3.63) is 60.3 Å². The molecule has 3 heterocycles. The maximum Gasteiger partial charge on any atom is 0.159 e. The lowest BCUT2D eigenvalue weighted by atomic mass is 10.1. The van der Waals surface area contributed by atoms with Gasteiger partial charge < -0.3 is 14.2 Å². The maximum atomic E-state index is 6.29. The first-order valence-corrected chi connectivity index (χ1v) is 8.55. The molecule has 1 atom stereocenters. The van der Waals surface area contributed by atoms with Gasteiger partial charge in [-0.05, 0) is 37.6 Å². The monoisotopic (exact) mass is 329 g/mol. The fourth-order valence-corrected chi connectivity index (χ4v) is 3.87. The van der Waals surface area contributed by atoms with Crippen LogP contribution < -0.4 is 9.80 Å². The van der Waals surface area contributed by atoms with Gasteiger partial charge in [-0.15, -0.1) is 0 Å². The molecule has 0 saturated heterocycles. The zero-order valence-electron chi connectivity index (χ0n) is 14.5. The van der Waals surface area contributed by atoms with Crippen LogP contribution >= 0.6 is 0 Å². The van der Waals surface area contributed by atoms with Crippen LogP contribution in [0.15, 0.2) is 59.1 Å². The van der Waals surface area contributed by atoms with Crippen molar-refractivity contribution in [2.75, 3.05) is 16.8 Å². The number of benzene rings is 2. The first-order chi connectivity index (χ1) is 12.2. The number of furan rings is 1. The molecule has 124 valence electrons. The van der Waals surface area contributed by atoms with E-state index in [2.05, 4.69) is 66.0 Å². The van der Waals surface area contributed by atoms with Gasteiger partial charge in [0.1, 0.15) is 11.7 Å². The number of hydrogen-bond acceptors (Lipinski definition) is 4. The third-order valence-electron chi connectivity index (χ3n) is 5.27. The van der Waals surface area contributed by atoms with Gasteiger partial charge in [0, 0.05) is 24.0 Å². The number of hydrogen-bond donors (Lipinski definition) is 0. The van der Waals surface area contributed by atoms with Crippen molar-refractivity contribution in [1.29, 1.82) is 0 Å². The molecule has 4 aromatic rings. The lowest BCUT2D eigenvalue weighted by Gasteiger charge is -2.28. The highest BCUT2D eigenvalue weighted by Gasteiger charge is 2.35. The van der Waals surface area contributed by atoms with Crippen molar-refractivity contribution in [1.82, 2.24) is 4.98 Å². The van der Waals surface area contributed by atoms with E-state index >= 15 is 0 Å². The highest BCUT2D eigenvalue weighted by atomic mass is 16.3. The highest BCUT2D eigenvalue weighted by Crippen LogP contribution is 2.46. The summed E-state index contributed by atoms with van der Waals surface area (Å²) in [6.45, 7) is 4.33. The van der Waals surface area contributed by atoms with Crippen molar-refractivity contribution < 1.29 is 4.42 Å². The fourth-order valence-electron chi connectivity index (χ4n) is 3.87. The van der Waals surface area contributed by atoms with Crippen molar-refractivity contribution in [3.8, 4) is 0 Å². The van der Waals surface area contributed by atoms with E-state index < -0.39 is 0 Å². The summed E-state index contributed by atoms with van der Waals surface area (Å²) >= 11 is 0. The number of pyridine rings is 1. The average Bonchev–Trinajstić information content (AvgIpc) is 3.12. The van der Waals surface area contributed by atoms with Crippen LogP contribution in [0, 0.1) is 6.92 Å². The van der Waals surface area contributed by atoms with Gasteiger partial charge >= 0.3 is 0 Å². The molecule has 4 heteroatoms. The Kier molecular flexibility index (Phi) is 2.86. The Hall–Kier alpha value is -3.01. The predicted octanol–water partition coefficient (Wildman–Crippen LogP) is 5.22. The number of rotatable bonds is 1. The Morgan fingerprint density at radius 1 is 1.00 bits per heavy atom. The fraction of sp³-hybridized carbons (Fsp3) is 0.190. The molecule has 0 amide bonds. The van der Waals surface area contributed by atoms with Gasteiger partial charge in [0.25, 0.3) is 0 Å². The summed E-state index contributed by atoms with van der Waals surface area (Å²) in [5.74, 6) is 0.980. The average molecular weight is 329 g/mol. The standard InChI is InChI=1S/C21H19N3O/c1-13-10-11-16-15-7-4-5-9-18(15)25-20(16)19(13)24-14(2)23(3)17-8-6-12-22-21(17)24/h4-12,14H,1-3H3/t14-/m0/s1. The van der Waals surface area contributed by atoms with E-state index in [-0.39, 0.29) is 6.17 Å². The summed E-state index contributed by atoms with van der Waals surface area (Å²) in [4.78, 5) is 9.20. The van der Waals surface area contributed by atoms with Crippen LogP contribution in [0.3, 0.4) is 0 Å². The van der Waals surface area contributed by atoms with E-state index in [9.17, 15) is 0 Å². The smallest absolute Gasteiger partial charge is 0.159 e. The normalized spacial score (nSPS) is 16.8. The van der Waals surface area contributed by atoms with E-state index in [0.29, 0.717) is 0 Å². The van der Waals surface area contributed by atoms with Crippen LogP contribution in [0.25, 0.3) is 21.9 Å². The minimum Gasteiger partial charge on any atom is -0.454 e. The highest BCUT2D eigenvalue weighted by molar-refractivity contribution is 6.10. The van der Waals surface area contributed by atoms with Crippen LogP contribution in [0.1, 0.15) is 12.5 Å². The molecule has 25 heavy (non-hydrogen) atoms. The van der Waals surface area contributed by atoms with E-state index in [4.69, 9.17) is 4.42 Å². The van der Waals surface area contributed by atoms with E-state index in [1.807, 2.05) is 24.4 Å². The second-order valence-electron chi connectivity index (χ2n) is 6.66. The third-order valence-corrected chi connectivity index (χ3v) is 5.27. The summed E-state index contributed by atoms with van der Waals surface area (Å²) in [5, 5.41) is 2.30. The Labute approximate surface area is 146 Å². The predicted molar refractivity (Wildman–Crippen MR) is 103 cm³/mol. The van der Waals surface area contributed by atoms with E-state index in [1.165, 1.54) is 5.56 Å². The Bertz CT molecular complexity index is 1110. The molecule has 1 aliphatic heterocycles. The molecule has 1 aliphatic rings. The molecule has 0 saturated carbocycles. The molecule has 0 aliphatic carbocycles. The largest absolute Gasteiger partial charge is 0.454 e. The van der Waals surface area contributed by atoms with Crippen molar-refractivity contribution in [2.45, 2.75) is 20.0 Å². The lowest BCUT2D eigenvalue weighted by Crippen LogP contribution is -2.36. The van der Waals surface area contributed by atoms with Gasteiger partial charge in [-0.3, -0.25) is 0 Å². The van der Waals surface area contributed by atoms with Gasteiger partial charge in [-0.25, -0.2) is 4.98 Å². The molecule has 0 spiro atoms. The Morgan fingerprint density at radius 3 is 2.72 bits per heavy atom. The molecule has 2 aromatic heterocycles. The van der Waals surface area contributed by atoms with Crippen LogP contribution in [0.4, 0.5) is 17.2 Å². The number of fused-ring (bicyclic) bond motifs is 4. The third kappa shape index (κ3) is 1.85. The minimum absolute atomic E-state index is 0.169. The molecule has 2 aromatic carbocycles. The second-order valence-corrected chi connectivity index (χ2v) is 6.66. The SMILES string of the molecule is Cc1ccc2c(oc3ccccc32)c1N1c2ncccc2N(C)[C@@H]1C. The first-order valence-electron chi connectivity index (χ1n) is 8.55. The molecular formula is C21H19N3O. The van der Waals surface area contributed by atoms with Crippen molar-refractivity contribution in [3.63, 3.8) is 0 Å². The lowest BCUT2D eigenvalue weighted by molar-refractivity contribution is 0.661. The molecule has 4 nitrogen and oxygen atoms in total. The van der Waals surface area contributed by atoms with E-state index in [0.717, 1.165) is 39.1 Å². The number of para-hydroxylation sites is 1.